The number of benzene rings is 1. The average molecular weight is 369 g/mol. The first-order valence-corrected chi connectivity index (χ1v) is 9.58. The minimum absolute atomic E-state index is 0.113. The van der Waals surface area contributed by atoms with Crippen molar-refractivity contribution >= 4 is 28.6 Å². The number of aliphatic hydroxyl groups is 1. The van der Waals surface area contributed by atoms with Gasteiger partial charge in [0.25, 0.3) is 5.91 Å². The van der Waals surface area contributed by atoms with Gasteiger partial charge in [-0.05, 0) is 25.0 Å². The Morgan fingerprint density at radius 1 is 1.19 bits per heavy atom. The van der Waals surface area contributed by atoms with Crippen molar-refractivity contribution in [3.8, 4) is 0 Å². The fraction of sp³-hybridized carbons (Fsp3) is 0.316. The normalized spacial score (nSPS) is 15.5. The predicted octanol–water partition coefficient (Wildman–Crippen LogP) is 3.11. The molecule has 1 aromatic carbocycles. The summed E-state index contributed by atoms with van der Waals surface area (Å²) < 4.78 is 5.92. The molecule has 0 spiro atoms. The Labute approximate surface area is 155 Å². The molecule has 2 aromatic heterocycles. The number of piperidine rings is 1. The van der Waals surface area contributed by atoms with E-state index in [-0.39, 0.29) is 12.0 Å². The smallest absolute Gasteiger partial charge is 0.289 e. The molecule has 1 N–H and O–H groups in total. The fourth-order valence-corrected chi connectivity index (χ4v) is 3.95. The van der Waals surface area contributed by atoms with E-state index in [1.165, 1.54) is 11.8 Å². The monoisotopic (exact) mass is 369 g/mol. The zero-order valence-electron chi connectivity index (χ0n) is 14.2. The molecule has 0 aliphatic carbocycles. The Kier molecular flexibility index (Phi) is 4.90. The highest BCUT2D eigenvalue weighted by atomic mass is 32.2. The lowest BCUT2D eigenvalue weighted by Crippen LogP contribution is -2.40. The molecule has 0 radical (unpaired) electrons. The number of likely N-dealkylation sites (tertiary alicyclic amines) is 1. The molecule has 7 heteroatoms. The molecule has 0 atom stereocenters. The van der Waals surface area contributed by atoms with Crippen molar-refractivity contribution in [2.75, 3.05) is 13.1 Å². The molecule has 1 amide bonds. The number of thioether (sulfide) groups is 1. The molecule has 1 aliphatic rings. The number of hydrogen-bond acceptors (Lipinski definition) is 6. The molecule has 3 heterocycles. The third kappa shape index (κ3) is 3.45. The number of nitrogens with zero attached hydrogens (tertiary/aromatic N) is 3. The van der Waals surface area contributed by atoms with Crippen LogP contribution in [0.15, 0.2) is 52.3 Å². The summed E-state index contributed by atoms with van der Waals surface area (Å²) in [6.45, 7) is 1.09. The molecule has 6 nitrogen and oxygen atoms in total. The van der Waals surface area contributed by atoms with Crippen molar-refractivity contribution in [3.05, 3.63) is 54.0 Å². The van der Waals surface area contributed by atoms with Crippen molar-refractivity contribution in [3.63, 3.8) is 0 Å². The average Bonchev–Trinajstić information content (AvgIpc) is 3.06. The Bertz CT molecular complexity index is 905. The molecular weight excluding hydrogens is 350 g/mol. The van der Waals surface area contributed by atoms with Crippen molar-refractivity contribution in [2.45, 2.75) is 29.9 Å². The molecule has 1 aliphatic heterocycles. The minimum atomic E-state index is -0.319. The van der Waals surface area contributed by atoms with Crippen LogP contribution < -0.4 is 0 Å². The van der Waals surface area contributed by atoms with Gasteiger partial charge in [0.15, 0.2) is 10.9 Å². The first kappa shape index (κ1) is 17.1. The third-order valence-electron chi connectivity index (χ3n) is 4.53. The van der Waals surface area contributed by atoms with Crippen LogP contribution in [0.3, 0.4) is 0 Å². The number of aromatic nitrogens is 2. The molecular formula is C19H19N3O3S. The number of fused-ring (bicyclic) bond motifs is 1. The van der Waals surface area contributed by atoms with Gasteiger partial charge in [0.05, 0.1) is 6.10 Å². The van der Waals surface area contributed by atoms with Gasteiger partial charge < -0.3 is 14.4 Å². The summed E-state index contributed by atoms with van der Waals surface area (Å²) in [6, 6.07) is 9.46. The number of hydrogen-bond donors (Lipinski definition) is 1. The van der Waals surface area contributed by atoms with E-state index < -0.39 is 0 Å². The standard InChI is InChI=1S/C19H19N3O3S/c23-13-6-10-22(11-7-13)18(24)17-15(12-26-19-20-8-3-9-21-19)14-4-1-2-5-16(14)25-17/h1-5,8-9,13,23H,6-7,10-12H2. The third-order valence-corrected chi connectivity index (χ3v) is 5.43. The first-order valence-electron chi connectivity index (χ1n) is 8.60. The van der Waals surface area contributed by atoms with Crippen molar-refractivity contribution < 1.29 is 14.3 Å². The number of carbonyl (C=O) groups excluding carboxylic acids is 1. The topological polar surface area (TPSA) is 79.5 Å². The number of rotatable bonds is 4. The van der Waals surface area contributed by atoms with Crippen LogP contribution in [0.4, 0.5) is 0 Å². The molecule has 134 valence electrons. The lowest BCUT2D eigenvalue weighted by Gasteiger charge is -2.29. The van der Waals surface area contributed by atoms with E-state index >= 15 is 0 Å². The Morgan fingerprint density at radius 2 is 1.92 bits per heavy atom. The summed E-state index contributed by atoms with van der Waals surface area (Å²) >= 11 is 1.48. The van der Waals surface area contributed by atoms with Crippen LogP contribution in [0.5, 0.6) is 0 Å². The maximum absolute atomic E-state index is 13.0. The molecule has 1 fully saturated rings. The zero-order chi connectivity index (χ0) is 17.9. The van der Waals surface area contributed by atoms with E-state index in [1.54, 1.807) is 23.4 Å². The highest BCUT2D eigenvalue weighted by Gasteiger charge is 2.28. The van der Waals surface area contributed by atoms with Gasteiger partial charge in [-0.25, -0.2) is 9.97 Å². The number of furan rings is 1. The molecule has 0 unspecified atom stereocenters. The summed E-state index contributed by atoms with van der Waals surface area (Å²) in [5.74, 6) is 0.821. The molecule has 0 bridgehead atoms. The van der Waals surface area contributed by atoms with Gasteiger partial charge in [0, 0.05) is 42.2 Å². The van der Waals surface area contributed by atoms with E-state index in [2.05, 4.69) is 9.97 Å². The van der Waals surface area contributed by atoms with Crippen LogP contribution in [0.1, 0.15) is 29.0 Å². The Morgan fingerprint density at radius 3 is 2.69 bits per heavy atom. The van der Waals surface area contributed by atoms with Crippen LogP contribution in [-0.2, 0) is 5.75 Å². The van der Waals surface area contributed by atoms with Gasteiger partial charge in [0.1, 0.15) is 5.58 Å². The highest BCUT2D eigenvalue weighted by Crippen LogP contribution is 2.32. The second kappa shape index (κ2) is 7.47. The second-order valence-electron chi connectivity index (χ2n) is 6.25. The largest absolute Gasteiger partial charge is 0.451 e. The van der Waals surface area contributed by atoms with Gasteiger partial charge in [-0.2, -0.15) is 0 Å². The summed E-state index contributed by atoms with van der Waals surface area (Å²) in [7, 11) is 0. The van der Waals surface area contributed by atoms with Gasteiger partial charge >= 0.3 is 0 Å². The summed E-state index contributed by atoms with van der Waals surface area (Å²) in [4.78, 5) is 23.2. The molecule has 1 saturated heterocycles. The number of carbonyl (C=O) groups is 1. The number of para-hydroxylation sites is 1. The molecule has 3 aromatic rings. The highest BCUT2D eigenvalue weighted by molar-refractivity contribution is 7.98. The van der Waals surface area contributed by atoms with Gasteiger partial charge in [-0.3, -0.25) is 4.79 Å². The lowest BCUT2D eigenvalue weighted by molar-refractivity contribution is 0.0521. The summed E-state index contributed by atoms with van der Waals surface area (Å²) in [6.07, 6.45) is 4.30. The van der Waals surface area contributed by atoms with E-state index in [0.717, 1.165) is 10.9 Å². The van der Waals surface area contributed by atoms with Crippen LogP contribution in [0.25, 0.3) is 11.0 Å². The Balaban J connectivity index is 1.64. The van der Waals surface area contributed by atoms with Crippen LogP contribution >= 0.6 is 11.8 Å². The van der Waals surface area contributed by atoms with Gasteiger partial charge in [-0.15, -0.1) is 0 Å². The van der Waals surface area contributed by atoms with Crippen molar-refractivity contribution in [2.24, 2.45) is 0 Å². The van der Waals surface area contributed by atoms with E-state index in [4.69, 9.17) is 4.42 Å². The van der Waals surface area contributed by atoms with E-state index in [9.17, 15) is 9.90 Å². The lowest BCUT2D eigenvalue weighted by atomic mass is 10.1. The summed E-state index contributed by atoms with van der Waals surface area (Å²) in [5.41, 5.74) is 1.58. The van der Waals surface area contributed by atoms with Crippen LogP contribution in [-0.4, -0.2) is 45.1 Å². The fourth-order valence-electron chi connectivity index (χ4n) is 3.12. The molecule has 0 saturated carbocycles. The zero-order valence-corrected chi connectivity index (χ0v) is 15.0. The van der Waals surface area contributed by atoms with Gasteiger partial charge in [0.2, 0.25) is 0 Å². The molecule has 26 heavy (non-hydrogen) atoms. The maximum atomic E-state index is 13.0. The van der Waals surface area contributed by atoms with Crippen molar-refractivity contribution in [1.82, 2.24) is 14.9 Å². The van der Waals surface area contributed by atoms with Gasteiger partial charge in [-0.1, -0.05) is 30.0 Å². The quantitative estimate of drug-likeness (QED) is 0.562. The van der Waals surface area contributed by atoms with E-state index in [1.807, 2.05) is 24.3 Å². The SMILES string of the molecule is O=C(c1oc2ccccc2c1CSc1ncccn1)N1CCC(O)CC1. The van der Waals surface area contributed by atoms with Crippen LogP contribution in [0.2, 0.25) is 0 Å². The first-order chi connectivity index (χ1) is 12.7. The van der Waals surface area contributed by atoms with Crippen LogP contribution in [0, 0.1) is 0 Å². The predicted molar refractivity (Wildman–Crippen MR) is 99.0 cm³/mol. The minimum Gasteiger partial charge on any atom is -0.451 e. The van der Waals surface area contributed by atoms with Crippen molar-refractivity contribution in [1.29, 1.82) is 0 Å². The number of aliphatic hydroxyl groups excluding tert-OH is 1. The number of amides is 1. The second-order valence-corrected chi connectivity index (χ2v) is 7.19. The van der Waals surface area contributed by atoms with E-state index in [0.29, 0.717) is 48.2 Å². The Hall–Kier alpha value is -2.38. The molecule has 4 rings (SSSR count). The maximum Gasteiger partial charge on any atom is 0.289 e. The summed E-state index contributed by atoms with van der Waals surface area (Å²) in [5, 5.41) is 11.3.